The van der Waals surface area contributed by atoms with E-state index < -0.39 is 21.7 Å². The third-order valence-corrected chi connectivity index (χ3v) is 5.07. The lowest BCUT2D eigenvalue weighted by atomic mass is 10.1. The highest BCUT2D eigenvalue weighted by molar-refractivity contribution is 7.89. The minimum absolute atomic E-state index is 0.197. The molecule has 0 spiro atoms. The zero-order chi connectivity index (χ0) is 15.5. The second-order valence-corrected chi connectivity index (χ2v) is 6.82. The van der Waals surface area contributed by atoms with Gasteiger partial charge in [0.15, 0.2) is 11.6 Å². The van der Waals surface area contributed by atoms with E-state index in [0.29, 0.717) is 25.5 Å². The summed E-state index contributed by atoms with van der Waals surface area (Å²) in [6.07, 6.45) is 1.34. The van der Waals surface area contributed by atoms with E-state index in [2.05, 4.69) is 9.62 Å². The predicted octanol–water partition coefficient (Wildman–Crippen LogP) is 0.666. The van der Waals surface area contributed by atoms with Gasteiger partial charge in [-0.05, 0) is 44.1 Å². The van der Waals surface area contributed by atoms with E-state index in [1.54, 1.807) is 0 Å². The molecule has 5 nitrogen and oxygen atoms in total. The van der Waals surface area contributed by atoms with E-state index in [4.69, 9.17) is 5.73 Å². The molecule has 1 aromatic carbocycles. The topological polar surface area (TPSA) is 75.4 Å². The van der Waals surface area contributed by atoms with E-state index >= 15 is 0 Å². The second-order valence-electron chi connectivity index (χ2n) is 5.10. The highest BCUT2D eigenvalue weighted by atomic mass is 32.2. The quantitative estimate of drug-likeness (QED) is 0.836. The number of sulfonamides is 1. The lowest BCUT2D eigenvalue weighted by Crippen LogP contribution is -2.45. The average Bonchev–Trinajstić information content (AvgIpc) is 2.44. The molecule has 1 heterocycles. The van der Waals surface area contributed by atoms with Crippen LogP contribution in [0.4, 0.5) is 8.78 Å². The van der Waals surface area contributed by atoms with E-state index in [0.717, 1.165) is 31.8 Å². The third kappa shape index (κ3) is 4.19. The molecule has 0 saturated carbocycles. The Balaban J connectivity index is 2.00. The van der Waals surface area contributed by atoms with Gasteiger partial charge in [0.05, 0.1) is 4.90 Å². The molecule has 21 heavy (non-hydrogen) atoms. The Morgan fingerprint density at radius 3 is 2.48 bits per heavy atom. The number of halogens is 2. The molecule has 8 heteroatoms. The van der Waals surface area contributed by atoms with Crippen molar-refractivity contribution in [3.63, 3.8) is 0 Å². The first kappa shape index (κ1) is 16.3. The minimum Gasteiger partial charge on any atom is -0.329 e. The molecule has 0 aliphatic carbocycles. The summed E-state index contributed by atoms with van der Waals surface area (Å²) in [5.41, 5.74) is 5.48. The van der Waals surface area contributed by atoms with Gasteiger partial charge in [-0.2, -0.15) is 0 Å². The molecule has 1 aliphatic heterocycles. The van der Waals surface area contributed by atoms with Crippen molar-refractivity contribution >= 4 is 10.0 Å². The Morgan fingerprint density at radius 2 is 1.90 bits per heavy atom. The van der Waals surface area contributed by atoms with Crippen LogP contribution in [-0.4, -0.2) is 45.5 Å². The predicted molar refractivity (Wildman–Crippen MR) is 75.2 cm³/mol. The number of hydrogen-bond acceptors (Lipinski definition) is 4. The summed E-state index contributed by atoms with van der Waals surface area (Å²) in [5.74, 6) is -2.24. The molecule has 0 aromatic heterocycles. The summed E-state index contributed by atoms with van der Waals surface area (Å²) in [7, 11) is -3.83. The number of nitrogens with one attached hydrogen (secondary N) is 1. The van der Waals surface area contributed by atoms with Crippen molar-refractivity contribution in [1.29, 1.82) is 0 Å². The van der Waals surface area contributed by atoms with Crippen LogP contribution in [0.2, 0.25) is 0 Å². The summed E-state index contributed by atoms with van der Waals surface area (Å²) in [6, 6.07) is 2.37. The summed E-state index contributed by atoms with van der Waals surface area (Å²) in [4.78, 5) is 1.91. The van der Waals surface area contributed by atoms with Gasteiger partial charge in [-0.1, -0.05) is 0 Å². The Labute approximate surface area is 123 Å². The summed E-state index contributed by atoms with van der Waals surface area (Å²) in [6.45, 7) is 2.90. The summed E-state index contributed by atoms with van der Waals surface area (Å²) < 4.78 is 52.8. The molecule has 0 unspecified atom stereocenters. The summed E-state index contributed by atoms with van der Waals surface area (Å²) >= 11 is 0. The molecular formula is C13H19F2N3O2S. The molecule has 118 valence electrons. The zero-order valence-electron chi connectivity index (χ0n) is 11.6. The van der Waals surface area contributed by atoms with Gasteiger partial charge in [0.25, 0.3) is 0 Å². The zero-order valence-corrected chi connectivity index (χ0v) is 12.4. The van der Waals surface area contributed by atoms with Crippen LogP contribution in [0, 0.1) is 11.6 Å². The maximum absolute atomic E-state index is 13.1. The highest BCUT2D eigenvalue weighted by Crippen LogP contribution is 2.17. The van der Waals surface area contributed by atoms with Crippen LogP contribution in [-0.2, 0) is 10.0 Å². The van der Waals surface area contributed by atoms with Crippen molar-refractivity contribution < 1.29 is 17.2 Å². The number of nitrogens with zero attached hydrogens (tertiary/aromatic N) is 1. The van der Waals surface area contributed by atoms with Crippen molar-refractivity contribution in [3.8, 4) is 0 Å². The van der Waals surface area contributed by atoms with Crippen LogP contribution in [0.5, 0.6) is 0 Å². The van der Waals surface area contributed by atoms with Gasteiger partial charge in [-0.25, -0.2) is 21.9 Å². The van der Waals surface area contributed by atoms with Crippen molar-refractivity contribution in [1.82, 2.24) is 9.62 Å². The van der Waals surface area contributed by atoms with Crippen LogP contribution in [0.15, 0.2) is 23.1 Å². The molecule has 1 saturated heterocycles. The SMILES string of the molecule is NCCN1CCC(NS(=O)(=O)c2ccc(F)c(F)c2)CC1. The van der Waals surface area contributed by atoms with Gasteiger partial charge in [0, 0.05) is 19.1 Å². The first-order valence-electron chi connectivity index (χ1n) is 6.82. The molecule has 1 fully saturated rings. The Hall–Kier alpha value is -1.09. The van der Waals surface area contributed by atoms with Crippen LogP contribution in [0.3, 0.4) is 0 Å². The fraction of sp³-hybridized carbons (Fsp3) is 0.538. The average molecular weight is 319 g/mol. The lowest BCUT2D eigenvalue weighted by molar-refractivity contribution is 0.212. The lowest BCUT2D eigenvalue weighted by Gasteiger charge is -2.31. The maximum atomic E-state index is 13.1. The number of benzene rings is 1. The second kappa shape index (κ2) is 6.78. The number of piperidine rings is 1. The standard InChI is InChI=1S/C13H19F2N3O2S/c14-12-2-1-11(9-13(12)15)21(19,20)17-10-3-6-18(7-4-10)8-5-16/h1-2,9-10,17H,3-8,16H2. The monoisotopic (exact) mass is 319 g/mol. The number of likely N-dealkylation sites (tertiary alicyclic amines) is 1. The molecule has 0 atom stereocenters. The van der Waals surface area contributed by atoms with Crippen LogP contribution >= 0.6 is 0 Å². The third-order valence-electron chi connectivity index (χ3n) is 3.56. The number of rotatable bonds is 5. The van der Waals surface area contributed by atoms with Gasteiger partial charge in [0.1, 0.15) is 0 Å². The minimum atomic E-state index is -3.83. The first-order chi connectivity index (χ1) is 9.92. The molecule has 0 radical (unpaired) electrons. The van der Waals surface area contributed by atoms with Crippen LogP contribution in [0.25, 0.3) is 0 Å². The fourth-order valence-corrected chi connectivity index (χ4v) is 3.70. The maximum Gasteiger partial charge on any atom is 0.240 e. The molecule has 1 aromatic rings. The molecular weight excluding hydrogens is 300 g/mol. The highest BCUT2D eigenvalue weighted by Gasteiger charge is 2.24. The Morgan fingerprint density at radius 1 is 1.24 bits per heavy atom. The van der Waals surface area contributed by atoms with Gasteiger partial charge in [-0.3, -0.25) is 0 Å². The fourth-order valence-electron chi connectivity index (χ4n) is 2.39. The van der Waals surface area contributed by atoms with Crippen molar-refractivity contribution in [3.05, 3.63) is 29.8 Å². The van der Waals surface area contributed by atoms with Gasteiger partial charge < -0.3 is 10.6 Å². The molecule has 0 bridgehead atoms. The molecule has 2 rings (SSSR count). The summed E-state index contributed by atoms with van der Waals surface area (Å²) in [5, 5.41) is 0. The molecule has 1 aliphatic rings. The van der Waals surface area contributed by atoms with Gasteiger partial charge in [-0.15, -0.1) is 0 Å². The largest absolute Gasteiger partial charge is 0.329 e. The van der Waals surface area contributed by atoms with Gasteiger partial charge in [0.2, 0.25) is 10.0 Å². The molecule has 0 amide bonds. The van der Waals surface area contributed by atoms with E-state index in [1.165, 1.54) is 0 Å². The van der Waals surface area contributed by atoms with E-state index in [1.807, 2.05) is 0 Å². The van der Waals surface area contributed by atoms with Crippen molar-refractivity contribution in [2.75, 3.05) is 26.2 Å². The van der Waals surface area contributed by atoms with Crippen molar-refractivity contribution in [2.45, 2.75) is 23.8 Å². The normalized spacial score (nSPS) is 18.0. The Kier molecular flexibility index (Phi) is 5.26. The van der Waals surface area contributed by atoms with Crippen LogP contribution in [0.1, 0.15) is 12.8 Å². The molecule has 3 N–H and O–H groups in total. The van der Waals surface area contributed by atoms with E-state index in [-0.39, 0.29) is 10.9 Å². The van der Waals surface area contributed by atoms with E-state index in [9.17, 15) is 17.2 Å². The van der Waals surface area contributed by atoms with Crippen molar-refractivity contribution in [2.24, 2.45) is 5.73 Å². The number of nitrogens with two attached hydrogens (primary N) is 1. The first-order valence-corrected chi connectivity index (χ1v) is 8.30. The smallest absolute Gasteiger partial charge is 0.240 e. The van der Waals surface area contributed by atoms with Gasteiger partial charge >= 0.3 is 0 Å². The Bertz CT molecular complexity index is 587. The van der Waals surface area contributed by atoms with Crippen LogP contribution < -0.4 is 10.5 Å². The number of hydrogen-bond donors (Lipinski definition) is 2.